The SMILES string of the molecule is CCCN1CCC(N(C)C(=O)CC(N)c2ccccc2)CC1. The fraction of sp³-hybridized carbons (Fsp3) is 0.611. The zero-order valence-corrected chi connectivity index (χ0v) is 13.9. The van der Waals surface area contributed by atoms with E-state index in [1.807, 2.05) is 42.3 Å². The summed E-state index contributed by atoms with van der Waals surface area (Å²) in [6.45, 7) is 5.58. The Kier molecular flexibility index (Phi) is 6.40. The number of likely N-dealkylation sites (tertiary alicyclic amines) is 1. The lowest BCUT2D eigenvalue weighted by molar-refractivity contribution is -0.133. The standard InChI is InChI=1S/C18H29N3O/c1-3-11-21-12-9-16(10-13-21)20(2)18(22)14-17(19)15-7-5-4-6-8-15/h4-8,16-17H,3,9-14,19H2,1-2H3. The first-order chi connectivity index (χ1) is 10.6. The molecule has 0 radical (unpaired) electrons. The number of hydrogen-bond acceptors (Lipinski definition) is 3. The van der Waals surface area contributed by atoms with Crippen LogP contribution in [0.1, 0.15) is 44.2 Å². The van der Waals surface area contributed by atoms with Crippen LogP contribution in [0.4, 0.5) is 0 Å². The molecule has 0 aromatic heterocycles. The summed E-state index contributed by atoms with van der Waals surface area (Å²) in [5, 5.41) is 0. The molecule has 1 amide bonds. The van der Waals surface area contributed by atoms with Gasteiger partial charge < -0.3 is 15.5 Å². The second kappa shape index (κ2) is 8.30. The number of rotatable bonds is 6. The Morgan fingerprint density at radius 2 is 1.95 bits per heavy atom. The molecule has 1 aliphatic heterocycles. The molecule has 1 unspecified atom stereocenters. The van der Waals surface area contributed by atoms with Gasteiger partial charge in [0.1, 0.15) is 0 Å². The highest BCUT2D eigenvalue weighted by atomic mass is 16.2. The maximum atomic E-state index is 12.5. The highest BCUT2D eigenvalue weighted by molar-refractivity contribution is 5.77. The summed E-state index contributed by atoms with van der Waals surface area (Å²) in [7, 11) is 1.93. The summed E-state index contributed by atoms with van der Waals surface area (Å²) in [5.41, 5.74) is 7.20. The fourth-order valence-electron chi connectivity index (χ4n) is 3.20. The van der Waals surface area contributed by atoms with E-state index in [2.05, 4.69) is 11.8 Å². The molecule has 122 valence electrons. The zero-order valence-electron chi connectivity index (χ0n) is 13.9. The van der Waals surface area contributed by atoms with Gasteiger partial charge in [0.2, 0.25) is 5.91 Å². The second-order valence-electron chi connectivity index (χ2n) is 6.30. The molecule has 1 aromatic carbocycles. The van der Waals surface area contributed by atoms with Crippen molar-refractivity contribution in [2.45, 2.75) is 44.7 Å². The van der Waals surface area contributed by atoms with Crippen molar-refractivity contribution < 1.29 is 4.79 Å². The molecule has 1 aliphatic rings. The molecule has 4 heteroatoms. The molecule has 0 spiro atoms. The Bertz CT molecular complexity index is 455. The van der Waals surface area contributed by atoms with Crippen molar-refractivity contribution in [2.24, 2.45) is 5.73 Å². The van der Waals surface area contributed by atoms with E-state index >= 15 is 0 Å². The van der Waals surface area contributed by atoms with E-state index in [4.69, 9.17) is 5.73 Å². The molecule has 1 atom stereocenters. The number of carbonyl (C=O) groups is 1. The smallest absolute Gasteiger partial charge is 0.224 e. The lowest BCUT2D eigenvalue weighted by atomic mass is 10.0. The molecule has 1 heterocycles. The maximum absolute atomic E-state index is 12.5. The van der Waals surface area contributed by atoms with Crippen LogP contribution in [0.15, 0.2) is 30.3 Å². The molecule has 4 nitrogen and oxygen atoms in total. The van der Waals surface area contributed by atoms with Gasteiger partial charge in [-0.15, -0.1) is 0 Å². The number of nitrogens with zero attached hydrogens (tertiary/aromatic N) is 2. The molecule has 2 N–H and O–H groups in total. The monoisotopic (exact) mass is 303 g/mol. The van der Waals surface area contributed by atoms with E-state index in [0.717, 1.165) is 31.5 Å². The Hall–Kier alpha value is -1.39. The van der Waals surface area contributed by atoms with E-state index in [0.29, 0.717) is 12.5 Å². The van der Waals surface area contributed by atoms with Gasteiger partial charge in [-0.3, -0.25) is 4.79 Å². The van der Waals surface area contributed by atoms with Crippen molar-refractivity contribution in [1.82, 2.24) is 9.80 Å². The van der Waals surface area contributed by atoms with Gasteiger partial charge in [0.25, 0.3) is 0 Å². The van der Waals surface area contributed by atoms with Crippen LogP contribution < -0.4 is 5.73 Å². The van der Waals surface area contributed by atoms with Crippen LogP contribution >= 0.6 is 0 Å². The molecule has 1 aromatic rings. The van der Waals surface area contributed by atoms with Crippen molar-refractivity contribution in [3.8, 4) is 0 Å². The van der Waals surface area contributed by atoms with Gasteiger partial charge in [-0.1, -0.05) is 37.3 Å². The van der Waals surface area contributed by atoms with Crippen LogP contribution in [0, 0.1) is 0 Å². The van der Waals surface area contributed by atoms with E-state index in [9.17, 15) is 4.79 Å². The summed E-state index contributed by atoms with van der Waals surface area (Å²) < 4.78 is 0. The summed E-state index contributed by atoms with van der Waals surface area (Å²) in [5.74, 6) is 0.158. The van der Waals surface area contributed by atoms with Gasteiger partial charge in [0.15, 0.2) is 0 Å². The first-order valence-electron chi connectivity index (χ1n) is 8.40. The van der Waals surface area contributed by atoms with Gasteiger partial charge in [-0.25, -0.2) is 0 Å². The Morgan fingerprint density at radius 3 is 2.55 bits per heavy atom. The number of hydrogen-bond donors (Lipinski definition) is 1. The number of amides is 1. The van der Waals surface area contributed by atoms with E-state index < -0.39 is 0 Å². The van der Waals surface area contributed by atoms with Gasteiger partial charge in [-0.2, -0.15) is 0 Å². The topological polar surface area (TPSA) is 49.6 Å². The quantitative estimate of drug-likeness (QED) is 0.878. The molecule has 0 aliphatic carbocycles. The van der Waals surface area contributed by atoms with E-state index in [1.54, 1.807) is 0 Å². The summed E-state index contributed by atoms with van der Waals surface area (Å²) in [6, 6.07) is 10.0. The van der Waals surface area contributed by atoms with Crippen LogP contribution in [-0.4, -0.2) is 48.4 Å². The lowest BCUT2D eigenvalue weighted by Crippen LogP contribution is -2.46. The highest BCUT2D eigenvalue weighted by Gasteiger charge is 2.25. The van der Waals surface area contributed by atoms with Gasteiger partial charge in [-0.05, 0) is 31.4 Å². The average molecular weight is 303 g/mol. The molecular weight excluding hydrogens is 274 g/mol. The molecule has 0 saturated carbocycles. The van der Waals surface area contributed by atoms with Crippen molar-refractivity contribution in [3.05, 3.63) is 35.9 Å². The van der Waals surface area contributed by atoms with E-state index in [-0.39, 0.29) is 11.9 Å². The molecule has 22 heavy (non-hydrogen) atoms. The molecule has 2 rings (SSSR count). The Morgan fingerprint density at radius 1 is 1.32 bits per heavy atom. The third kappa shape index (κ3) is 4.55. The van der Waals surface area contributed by atoms with Crippen molar-refractivity contribution in [1.29, 1.82) is 0 Å². The minimum absolute atomic E-state index is 0.158. The fourth-order valence-corrected chi connectivity index (χ4v) is 3.20. The summed E-state index contributed by atoms with van der Waals surface area (Å²) >= 11 is 0. The predicted octanol–water partition coefficient (Wildman–Crippen LogP) is 2.41. The van der Waals surface area contributed by atoms with E-state index in [1.165, 1.54) is 13.0 Å². The van der Waals surface area contributed by atoms with Crippen LogP contribution in [0.5, 0.6) is 0 Å². The maximum Gasteiger partial charge on any atom is 0.224 e. The molecule has 1 saturated heterocycles. The molecular formula is C18H29N3O. The van der Waals surface area contributed by atoms with Gasteiger partial charge >= 0.3 is 0 Å². The largest absolute Gasteiger partial charge is 0.343 e. The first-order valence-corrected chi connectivity index (χ1v) is 8.40. The highest BCUT2D eigenvalue weighted by Crippen LogP contribution is 2.19. The lowest BCUT2D eigenvalue weighted by Gasteiger charge is -2.37. The summed E-state index contributed by atoms with van der Waals surface area (Å²) in [6.07, 6.45) is 3.73. The Labute approximate surface area is 134 Å². The summed E-state index contributed by atoms with van der Waals surface area (Å²) in [4.78, 5) is 16.9. The Balaban J connectivity index is 1.82. The average Bonchev–Trinajstić information content (AvgIpc) is 2.56. The van der Waals surface area contributed by atoms with Gasteiger partial charge in [0, 0.05) is 38.6 Å². The third-order valence-electron chi connectivity index (χ3n) is 4.66. The van der Waals surface area contributed by atoms with Crippen LogP contribution in [0.2, 0.25) is 0 Å². The van der Waals surface area contributed by atoms with Crippen molar-refractivity contribution in [2.75, 3.05) is 26.7 Å². The minimum Gasteiger partial charge on any atom is -0.343 e. The zero-order chi connectivity index (χ0) is 15.9. The van der Waals surface area contributed by atoms with Crippen LogP contribution in [-0.2, 0) is 4.79 Å². The molecule has 1 fully saturated rings. The number of piperidine rings is 1. The number of carbonyl (C=O) groups excluding carboxylic acids is 1. The number of benzene rings is 1. The predicted molar refractivity (Wildman–Crippen MR) is 90.5 cm³/mol. The van der Waals surface area contributed by atoms with Crippen LogP contribution in [0.3, 0.4) is 0 Å². The minimum atomic E-state index is -0.212. The first kappa shape index (κ1) is 17.0. The molecule has 0 bridgehead atoms. The normalized spacial score (nSPS) is 18.1. The second-order valence-corrected chi connectivity index (χ2v) is 6.30. The third-order valence-corrected chi connectivity index (χ3v) is 4.66. The van der Waals surface area contributed by atoms with Gasteiger partial charge in [0.05, 0.1) is 0 Å². The van der Waals surface area contributed by atoms with Crippen LogP contribution in [0.25, 0.3) is 0 Å². The van der Waals surface area contributed by atoms with Crippen molar-refractivity contribution in [3.63, 3.8) is 0 Å². The van der Waals surface area contributed by atoms with Crippen molar-refractivity contribution >= 4 is 5.91 Å². The number of nitrogens with two attached hydrogens (primary N) is 1.